The Morgan fingerprint density at radius 1 is 0.939 bits per heavy atom. The average Bonchev–Trinajstić information content (AvgIpc) is 2.85. The molecule has 2 aromatic rings. The average molecular weight is 490 g/mol. The van der Waals surface area contributed by atoms with Crippen LogP contribution in [0.5, 0.6) is 0 Å². The lowest BCUT2D eigenvalue weighted by atomic mass is 9.97. The second kappa shape index (κ2) is 10.9. The van der Waals surface area contributed by atoms with E-state index in [1.54, 1.807) is 24.3 Å². The highest BCUT2D eigenvalue weighted by atomic mass is 35.5. The number of hydrogen-bond acceptors (Lipinski definition) is 4. The van der Waals surface area contributed by atoms with E-state index in [4.69, 9.17) is 11.6 Å². The van der Waals surface area contributed by atoms with Gasteiger partial charge in [0.1, 0.15) is 0 Å². The number of piperidine rings is 2. The van der Waals surface area contributed by atoms with Crippen LogP contribution in [0.4, 0.5) is 5.69 Å². The van der Waals surface area contributed by atoms with Crippen molar-refractivity contribution in [3.8, 4) is 0 Å². The van der Waals surface area contributed by atoms with Crippen molar-refractivity contribution in [2.45, 2.75) is 44.4 Å². The number of halogens is 1. The summed E-state index contributed by atoms with van der Waals surface area (Å²) in [5, 5.41) is 3.49. The quantitative estimate of drug-likeness (QED) is 0.633. The van der Waals surface area contributed by atoms with Gasteiger partial charge in [-0.05, 0) is 61.4 Å². The maximum atomic E-state index is 12.8. The first-order valence-corrected chi connectivity index (χ1v) is 13.7. The minimum atomic E-state index is -3.46. The molecule has 1 N–H and O–H groups in total. The van der Waals surface area contributed by atoms with Crippen LogP contribution >= 0.6 is 11.6 Å². The molecule has 33 heavy (non-hydrogen) atoms. The Labute approximate surface area is 202 Å². The van der Waals surface area contributed by atoms with Gasteiger partial charge in [-0.2, -0.15) is 0 Å². The van der Waals surface area contributed by atoms with Gasteiger partial charge >= 0.3 is 0 Å². The second-order valence-electron chi connectivity index (χ2n) is 8.95. The van der Waals surface area contributed by atoms with Crippen molar-refractivity contribution < 1.29 is 13.2 Å². The molecule has 0 aromatic heterocycles. The standard InChI is InChI=1S/C25H32ClN3O3S/c26-24-7-3-2-6-22(24)19-33(31,32)29-16-12-21(13-17-29)25(30)27-18-20-8-10-23(11-9-20)28-14-4-1-5-15-28/h2-3,6-11,21H,1,4-5,12-19H2,(H,27,30). The van der Waals surface area contributed by atoms with E-state index in [1.165, 1.54) is 29.3 Å². The molecular formula is C25H32ClN3O3S. The van der Waals surface area contributed by atoms with Gasteiger partial charge < -0.3 is 10.2 Å². The van der Waals surface area contributed by atoms with E-state index in [0.29, 0.717) is 43.1 Å². The molecule has 0 atom stereocenters. The van der Waals surface area contributed by atoms with Crippen molar-refractivity contribution in [3.05, 3.63) is 64.7 Å². The van der Waals surface area contributed by atoms with Gasteiger partial charge in [0.15, 0.2) is 0 Å². The van der Waals surface area contributed by atoms with Crippen LogP contribution in [0.15, 0.2) is 48.5 Å². The SMILES string of the molecule is O=C(NCc1ccc(N2CCCCC2)cc1)C1CCN(S(=O)(=O)Cc2ccccc2Cl)CC1. The molecule has 6 nitrogen and oxygen atoms in total. The maximum absolute atomic E-state index is 12.8. The number of sulfonamides is 1. The molecule has 0 aliphatic carbocycles. The van der Waals surface area contributed by atoms with Gasteiger partial charge in [0.2, 0.25) is 15.9 Å². The lowest BCUT2D eigenvalue weighted by molar-refractivity contribution is -0.126. The smallest absolute Gasteiger partial charge is 0.223 e. The zero-order valence-electron chi connectivity index (χ0n) is 18.9. The monoisotopic (exact) mass is 489 g/mol. The fourth-order valence-corrected chi connectivity index (χ4v) is 6.49. The molecule has 2 fully saturated rings. The van der Waals surface area contributed by atoms with Gasteiger partial charge in [0.25, 0.3) is 0 Å². The summed E-state index contributed by atoms with van der Waals surface area (Å²) in [6, 6.07) is 15.4. The van der Waals surface area contributed by atoms with Crippen molar-refractivity contribution in [3.63, 3.8) is 0 Å². The van der Waals surface area contributed by atoms with Crippen LogP contribution in [-0.2, 0) is 27.1 Å². The molecule has 0 spiro atoms. The van der Waals surface area contributed by atoms with E-state index in [2.05, 4.69) is 34.5 Å². The minimum absolute atomic E-state index is 0.00161. The molecule has 0 saturated carbocycles. The fraction of sp³-hybridized carbons (Fsp3) is 0.480. The number of rotatable bonds is 7. The number of nitrogens with one attached hydrogen (secondary N) is 1. The first-order chi connectivity index (χ1) is 15.9. The molecule has 0 unspecified atom stereocenters. The number of amides is 1. The third-order valence-electron chi connectivity index (χ3n) is 6.64. The summed E-state index contributed by atoms with van der Waals surface area (Å²) >= 11 is 6.13. The summed E-state index contributed by atoms with van der Waals surface area (Å²) < 4.78 is 27.1. The highest BCUT2D eigenvalue weighted by Gasteiger charge is 2.31. The Morgan fingerprint density at radius 3 is 2.27 bits per heavy atom. The molecule has 0 radical (unpaired) electrons. The third-order valence-corrected chi connectivity index (χ3v) is 8.83. The fourth-order valence-electron chi connectivity index (χ4n) is 4.61. The van der Waals surface area contributed by atoms with Crippen molar-refractivity contribution in [2.75, 3.05) is 31.1 Å². The van der Waals surface area contributed by atoms with Crippen LogP contribution in [0.3, 0.4) is 0 Å². The minimum Gasteiger partial charge on any atom is -0.372 e. The number of carbonyl (C=O) groups excluding carboxylic acids is 1. The van der Waals surface area contributed by atoms with Crippen LogP contribution in [0, 0.1) is 5.92 Å². The van der Waals surface area contributed by atoms with Gasteiger partial charge in [0, 0.05) is 49.4 Å². The molecule has 4 rings (SSSR count). The predicted octanol–water partition coefficient (Wildman–Crippen LogP) is 4.19. The number of carbonyl (C=O) groups is 1. The summed E-state index contributed by atoms with van der Waals surface area (Å²) in [5.41, 5.74) is 2.92. The highest BCUT2D eigenvalue weighted by molar-refractivity contribution is 7.88. The van der Waals surface area contributed by atoms with Gasteiger partial charge in [-0.1, -0.05) is 41.9 Å². The topological polar surface area (TPSA) is 69.7 Å². The maximum Gasteiger partial charge on any atom is 0.223 e. The number of hydrogen-bond donors (Lipinski definition) is 1. The van der Waals surface area contributed by atoms with Crippen molar-refractivity contribution in [1.82, 2.24) is 9.62 Å². The number of benzene rings is 2. The molecule has 8 heteroatoms. The van der Waals surface area contributed by atoms with Crippen LogP contribution in [0.25, 0.3) is 0 Å². The molecule has 2 aromatic carbocycles. The summed E-state index contributed by atoms with van der Waals surface area (Å²) in [4.78, 5) is 15.1. The van der Waals surface area contributed by atoms with Gasteiger partial charge in [-0.3, -0.25) is 4.79 Å². The van der Waals surface area contributed by atoms with Gasteiger partial charge in [0.05, 0.1) is 5.75 Å². The molecule has 2 aliphatic rings. The Bertz CT molecular complexity index is 1040. The van der Waals surface area contributed by atoms with E-state index >= 15 is 0 Å². The predicted molar refractivity (Wildman–Crippen MR) is 133 cm³/mol. The largest absolute Gasteiger partial charge is 0.372 e. The van der Waals surface area contributed by atoms with Gasteiger partial charge in [-0.15, -0.1) is 0 Å². The van der Waals surface area contributed by atoms with Crippen molar-refractivity contribution >= 4 is 33.2 Å². The Morgan fingerprint density at radius 2 is 1.61 bits per heavy atom. The molecular weight excluding hydrogens is 458 g/mol. The van der Waals surface area contributed by atoms with Crippen LogP contribution < -0.4 is 10.2 Å². The molecule has 1 amide bonds. The van der Waals surface area contributed by atoms with Crippen LogP contribution in [0.2, 0.25) is 5.02 Å². The van der Waals surface area contributed by atoms with E-state index in [0.717, 1.165) is 18.7 Å². The van der Waals surface area contributed by atoms with Gasteiger partial charge in [-0.25, -0.2) is 12.7 Å². The van der Waals surface area contributed by atoms with Crippen LogP contribution in [0.1, 0.15) is 43.2 Å². The molecule has 2 saturated heterocycles. The van der Waals surface area contributed by atoms with Crippen molar-refractivity contribution in [1.29, 1.82) is 0 Å². The Kier molecular flexibility index (Phi) is 7.94. The van der Waals surface area contributed by atoms with Crippen molar-refractivity contribution in [2.24, 2.45) is 5.92 Å². The normalized spacial score (nSPS) is 18.3. The zero-order valence-corrected chi connectivity index (χ0v) is 20.5. The third kappa shape index (κ3) is 6.28. The number of nitrogens with zero attached hydrogens (tertiary/aromatic N) is 2. The summed E-state index contributed by atoms with van der Waals surface area (Å²) in [7, 11) is -3.46. The van der Waals surface area contributed by atoms with E-state index in [9.17, 15) is 13.2 Å². The number of anilines is 1. The Hall–Kier alpha value is -2.09. The summed E-state index contributed by atoms with van der Waals surface area (Å²) in [6.07, 6.45) is 4.87. The summed E-state index contributed by atoms with van der Waals surface area (Å²) in [6.45, 7) is 3.43. The zero-order chi connectivity index (χ0) is 23.3. The Balaban J connectivity index is 1.24. The molecule has 0 bridgehead atoms. The first kappa shape index (κ1) is 24.0. The highest BCUT2D eigenvalue weighted by Crippen LogP contribution is 2.25. The van der Waals surface area contributed by atoms with E-state index < -0.39 is 10.0 Å². The first-order valence-electron chi connectivity index (χ1n) is 11.8. The molecule has 2 aliphatic heterocycles. The molecule has 178 valence electrons. The van der Waals surface area contributed by atoms with Crippen LogP contribution in [-0.4, -0.2) is 44.8 Å². The summed E-state index contributed by atoms with van der Waals surface area (Å²) in [5.74, 6) is -0.278. The molecule has 2 heterocycles. The second-order valence-corrected chi connectivity index (χ2v) is 11.3. The lowest BCUT2D eigenvalue weighted by Crippen LogP contribution is -2.43. The van der Waals surface area contributed by atoms with E-state index in [-0.39, 0.29) is 17.6 Å². The lowest BCUT2D eigenvalue weighted by Gasteiger charge is -2.30. The van der Waals surface area contributed by atoms with E-state index in [1.807, 2.05) is 0 Å².